The lowest BCUT2D eigenvalue weighted by atomic mass is 9.78. The highest BCUT2D eigenvalue weighted by Gasteiger charge is 2.34. The quantitative estimate of drug-likeness (QED) is 0.613. The summed E-state index contributed by atoms with van der Waals surface area (Å²) in [5.41, 5.74) is 1.31. The van der Waals surface area contributed by atoms with E-state index in [9.17, 15) is 0 Å². The standard InChI is InChI=1S/C22H36N2O/c1-7-8-14-22(4,5)21(20-12-10-9-11-13-20)25-19(3)24-16-15-23(6)18(2)17-24/h9-13,18,21H,3,7-8,14-17H2,1-2,4-6H3/t18-,21?/m1/s1. The molecule has 0 N–H and O–H groups in total. The fourth-order valence-electron chi connectivity index (χ4n) is 3.56. The average Bonchev–Trinajstić information content (AvgIpc) is 2.60. The number of hydrogen-bond acceptors (Lipinski definition) is 3. The van der Waals surface area contributed by atoms with Crippen molar-refractivity contribution < 1.29 is 4.74 Å². The maximum absolute atomic E-state index is 6.53. The molecule has 1 aliphatic rings. The molecule has 1 aromatic rings. The second-order valence-corrected chi connectivity index (χ2v) is 8.17. The summed E-state index contributed by atoms with van der Waals surface area (Å²) in [5, 5.41) is 0. The normalized spacial score (nSPS) is 20.4. The number of likely N-dealkylation sites (N-methyl/N-ethyl adjacent to an activating group) is 1. The molecule has 1 saturated heterocycles. The number of unbranched alkanes of at least 4 members (excludes halogenated alkanes) is 1. The van der Waals surface area contributed by atoms with Crippen LogP contribution in [0.2, 0.25) is 0 Å². The van der Waals surface area contributed by atoms with E-state index < -0.39 is 0 Å². The van der Waals surface area contributed by atoms with Gasteiger partial charge in [-0.05, 0) is 32.5 Å². The van der Waals surface area contributed by atoms with Crippen LogP contribution < -0.4 is 0 Å². The first-order valence-corrected chi connectivity index (χ1v) is 9.71. The third kappa shape index (κ3) is 5.24. The highest BCUT2D eigenvalue weighted by atomic mass is 16.5. The molecule has 1 aliphatic heterocycles. The van der Waals surface area contributed by atoms with Crippen molar-refractivity contribution >= 4 is 0 Å². The number of ether oxygens (including phenoxy) is 1. The largest absolute Gasteiger partial charge is 0.471 e. The molecule has 1 unspecified atom stereocenters. The van der Waals surface area contributed by atoms with Gasteiger partial charge >= 0.3 is 0 Å². The fourth-order valence-corrected chi connectivity index (χ4v) is 3.56. The van der Waals surface area contributed by atoms with Crippen LogP contribution in [0.3, 0.4) is 0 Å². The molecule has 140 valence electrons. The van der Waals surface area contributed by atoms with Gasteiger partial charge < -0.3 is 14.5 Å². The van der Waals surface area contributed by atoms with Crippen LogP contribution in [0.1, 0.15) is 58.6 Å². The Kier molecular flexibility index (Phi) is 6.95. The van der Waals surface area contributed by atoms with Gasteiger partial charge in [-0.1, -0.05) is 63.9 Å². The molecule has 3 heteroatoms. The summed E-state index contributed by atoms with van der Waals surface area (Å²) in [6.07, 6.45) is 3.61. The van der Waals surface area contributed by atoms with Gasteiger partial charge in [-0.3, -0.25) is 0 Å². The lowest BCUT2D eigenvalue weighted by Crippen LogP contribution is -2.49. The van der Waals surface area contributed by atoms with Crippen molar-refractivity contribution in [2.24, 2.45) is 5.41 Å². The fraction of sp³-hybridized carbons (Fsp3) is 0.636. The second-order valence-electron chi connectivity index (χ2n) is 8.17. The molecule has 1 heterocycles. The van der Waals surface area contributed by atoms with Crippen LogP contribution in [0.15, 0.2) is 42.8 Å². The van der Waals surface area contributed by atoms with Gasteiger partial charge in [-0.25, -0.2) is 0 Å². The van der Waals surface area contributed by atoms with Gasteiger partial charge in [0, 0.05) is 31.1 Å². The van der Waals surface area contributed by atoms with Gasteiger partial charge in [0.25, 0.3) is 0 Å². The Morgan fingerprint density at radius 3 is 2.56 bits per heavy atom. The minimum atomic E-state index is 0.0303. The van der Waals surface area contributed by atoms with Crippen molar-refractivity contribution in [2.75, 3.05) is 26.7 Å². The Balaban J connectivity index is 2.14. The third-order valence-corrected chi connectivity index (χ3v) is 5.55. The number of benzene rings is 1. The maximum Gasteiger partial charge on any atom is 0.182 e. The Bertz CT molecular complexity index is 540. The summed E-state index contributed by atoms with van der Waals surface area (Å²) in [6.45, 7) is 16.4. The number of hydrogen-bond donors (Lipinski definition) is 0. The van der Waals surface area contributed by atoms with Crippen LogP contribution in [0, 0.1) is 5.41 Å². The first-order chi connectivity index (χ1) is 11.8. The zero-order chi connectivity index (χ0) is 18.4. The summed E-state index contributed by atoms with van der Waals surface area (Å²) in [5.74, 6) is 0.818. The van der Waals surface area contributed by atoms with E-state index in [-0.39, 0.29) is 11.5 Å². The molecule has 0 spiro atoms. The van der Waals surface area contributed by atoms with E-state index in [1.807, 2.05) is 0 Å². The molecule has 0 radical (unpaired) electrons. The van der Waals surface area contributed by atoms with E-state index in [0.717, 1.165) is 31.9 Å². The van der Waals surface area contributed by atoms with E-state index in [1.165, 1.54) is 18.4 Å². The Labute approximate surface area is 154 Å². The van der Waals surface area contributed by atoms with Crippen LogP contribution >= 0.6 is 0 Å². The van der Waals surface area contributed by atoms with Crippen LogP contribution in [-0.2, 0) is 4.74 Å². The summed E-state index contributed by atoms with van der Waals surface area (Å²) in [6, 6.07) is 11.1. The lowest BCUT2D eigenvalue weighted by molar-refractivity contribution is -0.0374. The van der Waals surface area contributed by atoms with Crippen molar-refractivity contribution in [3.63, 3.8) is 0 Å². The van der Waals surface area contributed by atoms with Crippen molar-refractivity contribution in [3.05, 3.63) is 48.4 Å². The molecule has 25 heavy (non-hydrogen) atoms. The zero-order valence-corrected chi connectivity index (χ0v) is 16.8. The van der Waals surface area contributed by atoms with E-state index in [0.29, 0.717) is 6.04 Å². The Morgan fingerprint density at radius 1 is 1.28 bits per heavy atom. The van der Waals surface area contributed by atoms with Crippen LogP contribution in [0.4, 0.5) is 0 Å². The Morgan fingerprint density at radius 2 is 1.96 bits per heavy atom. The first kappa shape index (κ1) is 19.8. The average molecular weight is 345 g/mol. The van der Waals surface area contributed by atoms with Gasteiger partial charge in [-0.15, -0.1) is 0 Å². The topological polar surface area (TPSA) is 15.7 Å². The van der Waals surface area contributed by atoms with Crippen molar-refractivity contribution in [1.29, 1.82) is 0 Å². The molecule has 0 amide bonds. The molecule has 3 nitrogen and oxygen atoms in total. The summed E-state index contributed by atoms with van der Waals surface area (Å²) in [7, 11) is 2.19. The van der Waals surface area contributed by atoms with E-state index >= 15 is 0 Å². The predicted octanol–water partition coefficient (Wildman–Crippen LogP) is 5.07. The minimum Gasteiger partial charge on any atom is -0.471 e. The van der Waals surface area contributed by atoms with Gasteiger partial charge in [0.15, 0.2) is 5.88 Å². The molecular weight excluding hydrogens is 308 g/mol. The minimum absolute atomic E-state index is 0.0303. The van der Waals surface area contributed by atoms with Gasteiger partial charge in [-0.2, -0.15) is 0 Å². The SMILES string of the molecule is C=C(OC(c1ccccc1)C(C)(C)CCCC)N1CCN(C)[C@H](C)C1. The van der Waals surface area contributed by atoms with Crippen molar-refractivity contribution in [2.45, 2.75) is 59.1 Å². The maximum atomic E-state index is 6.53. The molecule has 0 aliphatic carbocycles. The summed E-state index contributed by atoms with van der Waals surface area (Å²) >= 11 is 0. The molecule has 2 rings (SSSR count). The molecule has 1 aromatic carbocycles. The van der Waals surface area contributed by atoms with E-state index in [4.69, 9.17) is 4.74 Å². The predicted molar refractivity (Wildman–Crippen MR) is 106 cm³/mol. The first-order valence-electron chi connectivity index (χ1n) is 9.71. The summed E-state index contributed by atoms with van der Waals surface area (Å²) in [4.78, 5) is 4.69. The molecular formula is C22H36N2O. The van der Waals surface area contributed by atoms with E-state index in [2.05, 4.69) is 81.5 Å². The summed E-state index contributed by atoms with van der Waals surface area (Å²) < 4.78 is 6.53. The van der Waals surface area contributed by atoms with Crippen molar-refractivity contribution in [1.82, 2.24) is 9.80 Å². The highest BCUT2D eigenvalue weighted by molar-refractivity contribution is 5.20. The smallest absolute Gasteiger partial charge is 0.182 e. The molecule has 0 saturated carbocycles. The monoisotopic (exact) mass is 344 g/mol. The molecule has 0 aromatic heterocycles. The highest BCUT2D eigenvalue weighted by Crippen LogP contribution is 2.42. The Hall–Kier alpha value is -1.48. The number of nitrogens with zero attached hydrogens (tertiary/aromatic N) is 2. The zero-order valence-electron chi connectivity index (χ0n) is 16.8. The van der Waals surface area contributed by atoms with Crippen LogP contribution in [-0.4, -0.2) is 42.5 Å². The van der Waals surface area contributed by atoms with Crippen LogP contribution in [0.5, 0.6) is 0 Å². The third-order valence-electron chi connectivity index (χ3n) is 5.55. The second kappa shape index (κ2) is 8.75. The molecule has 0 bridgehead atoms. The molecule has 1 fully saturated rings. The van der Waals surface area contributed by atoms with E-state index in [1.54, 1.807) is 0 Å². The number of piperazine rings is 1. The van der Waals surface area contributed by atoms with Gasteiger partial charge in [0.2, 0.25) is 0 Å². The lowest BCUT2D eigenvalue weighted by Gasteiger charge is -2.42. The number of rotatable bonds is 8. The van der Waals surface area contributed by atoms with Crippen LogP contribution in [0.25, 0.3) is 0 Å². The van der Waals surface area contributed by atoms with Gasteiger partial charge in [0.05, 0.1) is 0 Å². The van der Waals surface area contributed by atoms with Gasteiger partial charge in [0.1, 0.15) is 6.10 Å². The van der Waals surface area contributed by atoms with Crippen molar-refractivity contribution in [3.8, 4) is 0 Å². The molecule has 2 atom stereocenters.